The van der Waals surface area contributed by atoms with Gasteiger partial charge in [-0.1, -0.05) is 18.2 Å². The maximum Gasteiger partial charge on any atom is 0.245 e. The summed E-state index contributed by atoms with van der Waals surface area (Å²) in [6, 6.07) is 2.64. The lowest BCUT2D eigenvalue weighted by Crippen LogP contribution is -2.67. The highest BCUT2D eigenvalue weighted by atomic mass is 35.5. The predicted octanol–water partition coefficient (Wildman–Crippen LogP) is 5.20. The van der Waals surface area contributed by atoms with Crippen molar-refractivity contribution in [2.75, 3.05) is 43.4 Å². The van der Waals surface area contributed by atoms with Gasteiger partial charge in [-0.25, -0.2) is 0 Å². The van der Waals surface area contributed by atoms with Gasteiger partial charge in [0, 0.05) is 78.5 Å². The van der Waals surface area contributed by atoms with E-state index in [1.54, 1.807) is 0 Å². The number of nitrogens with zero attached hydrogens (tertiary/aromatic N) is 5. The minimum atomic E-state index is 0.0195. The van der Waals surface area contributed by atoms with Crippen LogP contribution in [0.1, 0.15) is 68.8 Å². The number of carbonyl (C=O) groups excluding carboxylic acids is 1. The summed E-state index contributed by atoms with van der Waals surface area (Å²) < 4.78 is 2.22. The van der Waals surface area contributed by atoms with Crippen LogP contribution >= 0.6 is 11.6 Å². The molecule has 0 radical (unpaired) electrons. The second-order valence-electron chi connectivity index (χ2n) is 13.0. The highest BCUT2D eigenvalue weighted by molar-refractivity contribution is 6.35. The van der Waals surface area contributed by atoms with Crippen LogP contribution in [0.3, 0.4) is 0 Å². The molecule has 8 nitrogen and oxygen atoms in total. The lowest BCUT2D eigenvalue weighted by molar-refractivity contribution is -0.149. The third-order valence-electron chi connectivity index (χ3n) is 10.2. The third-order valence-corrected chi connectivity index (χ3v) is 10.7. The number of nitrogen functional groups attached to an aromatic ring is 1. The second-order valence-corrected chi connectivity index (χ2v) is 13.4. The maximum absolute atomic E-state index is 12.1. The van der Waals surface area contributed by atoms with Gasteiger partial charge in [0.1, 0.15) is 0 Å². The molecular weight excluding hydrogens is 522 g/mol. The average molecular weight is 564 g/mol. The first-order valence-electron chi connectivity index (χ1n) is 14.6. The van der Waals surface area contributed by atoms with E-state index in [1.807, 2.05) is 17.9 Å². The van der Waals surface area contributed by atoms with Crippen molar-refractivity contribution in [3.05, 3.63) is 40.6 Å². The van der Waals surface area contributed by atoms with E-state index in [4.69, 9.17) is 27.8 Å². The molecular formula is C31H42ClN7O. The van der Waals surface area contributed by atoms with E-state index in [0.29, 0.717) is 22.3 Å². The molecule has 6 rings (SSSR count). The fourth-order valence-electron chi connectivity index (χ4n) is 7.79. The van der Waals surface area contributed by atoms with Gasteiger partial charge in [0.2, 0.25) is 5.91 Å². The predicted molar refractivity (Wildman–Crippen MR) is 163 cm³/mol. The summed E-state index contributed by atoms with van der Waals surface area (Å²) in [5, 5.41) is 14.3. The Bertz CT molecular complexity index is 1380. The van der Waals surface area contributed by atoms with E-state index in [9.17, 15) is 4.79 Å². The number of amides is 1. The topological polar surface area (TPSA) is 94.5 Å². The van der Waals surface area contributed by atoms with Crippen molar-refractivity contribution in [1.29, 1.82) is 5.41 Å². The summed E-state index contributed by atoms with van der Waals surface area (Å²) in [6.07, 6.45) is 8.29. The van der Waals surface area contributed by atoms with Gasteiger partial charge in [0.25, 0.3) is 0 Å². The summed E-state index contributed by atoms with van der Waals surface area (Å²) >= 11 is 7.06. The van der Waals surface area contributed by atoms with Gasteiger partial charge in [0.15, 0.2) is 5.82 Å². The third kappa shape index (κ3) is 4.01. The molecule has 9 heteroatoms. The van der Waals surface area contributed by atoms with Crippen LogP contribution in [0.4, 0.5) is 11.5 Å². The number of carbonyl (C=O) groups is 1. The van der Waals surface area contributed by atoms with Gasteiger partial charge < -0.3 is 20.9 Å². The first-order chi connectivity index (χ1) is 19.0. The number of nitrogens with one attached hydrogen (secondary N) is 1. The number of aromatic nitrogens is 2. The van der Waals surface area contributed by atoms with E-state index in [0.717, 1.165) is 86.6 Å². The minimum Gasteiger partial charge on any atom is -0.398 e. The number of piperazine rings is 1. The van der Waals surface area contributed by atoms with Crippen LogP contribution in [0.2, 0.25) is 5.02 Å². The Kier molecular flexibility index (Phi) is 6.58. The van der Waals surface area contributed by atoms with E-state index < -0.39 is 0 Å². The monoisotopic (exact) mass is 563 g/mol. The molecule has 4 aliphatic rings. The number of nitrogens with two attached hydrogens (primary N) is 1. The smallest absolute Gasteiger partial charge is 0.245 e. The molecule has 0 atom stereocenters. The van der Waals surface area contributed by atoms with E-state index >= 15 is 0 Å². The first kappa shape index (κ1) is 27.3. The average Bonchev–Trinajstić information content (AvgIpc) is 3.18. The molecule has 1 aromatic heterocycles. The zero-order valence-electron chi connectivity index (χ0n) is 24.3. The number of likely N-dealkylation sites (tertiary alicyclic amines) is 1. The van der Waals surface area contributed by atoms with Crippen LogP contribution in [-0.2, 0) is 4.79 Å². The van der Waals surface area contributed by atoms with Crippen LogP contribution in [0.5, 0.6) is 0 Å². The number of hydrogen-bond donors (Lipinski definition) is 2. The zero-order chi connectivity index (χ0) is 28.6. The van der Waals surface area contributed by atoms with Crippen molar-refractivity contribution >= 4 is 35.2 Å². The van der Waals surface area contributed by atoms with Crippen LogP contribution in [0.25, 0.3) is 11.1 Å². The molecule has 3 N–H and O–H groups in total. The van der Waals surface area contributed by atoms with Crippen molar-refractivity contribution in [2.24, 2.45) is 5.41 Å². The molecule has 2 spiro atoms. The maximum atomic E-state index is 12.1. The van der Waals surface area contributed by atoms with E-state index in [1.165, 1.54) is 18.7 Å². The summed E-state index contributed by atoms with van der Waals surface area (Å²) in [6.45, 7) is 16.9. The van der Waals surface area contributed by atoms with Crippen molar-refractivity contribution < 1.29 is 4.79 Å². The van der Waals surface area contributed by atoms with Crippen LogP contribution in [0.15, 0.2) is 18.7 Å². The molecule has 1 aromatic carbocycles. The Balaban J connectivity index is 1.43. The Morgan fingerprint density at radius 2 is 1.90 bits per heavy atom. The lowest BCUT2D eigenvalue weighted by atomic mass is 9.60. The van der Waals surface area contributed by atoms with Crippen molar-refractivity contribution in [1.82, 2.24) is 19.6 Å². The lowest BCUT2D eigenvalue weighted by Gasteiger charge is -2.59. The van der Waals surface area contributed by atoms with Gasteiger partial charge in [0.05, 0.1) is 16.6 Å². The van der Waals surface area contributed by atoms with Gasteiger partial charge >= 0.3 is 0 Å². The number of hydrogen-bond acceptors (Lipinski definition) is 6. The van der Waals surface area contributed by atoms with Crippen LogP contribution < -0.4 is 10.6 Å². The van der Waals surface area contributed by atoms with Gasteiger partial charge in [-0.15, -0.1) is 0 Å². The normalized spacial score (nSPS) is 21.9. The number of anilines is 2. The SMILES string of the molecule is C=CC(=O)N1CC2(CC(n3nc(N4CCN(C(C)C)CC45CCC5)c(-c4c(Cl)c(C)cc(N)c4C=N)c3C)C2)C1. The largest absolute Gasteiger partial charge is 0.398 e. The molecule has 2 saturated carbocycles. The first-order valence-corrected chi connectivity index (χ1v) is 15.0. The number of halogens is 1. The van der Waals surface area contributed by atoms with E-state index in [2.05, 4.69) is 41.8 Å². The molecule has 2 aliphatic carbocycles. The molecule has 2 aromatic rings. The Morgan fingerprint density at radius 1 is 1.20 bits per heavy atom. The minimum absolute atomic E-state index is 0.0195. The number of benzene rings is 1. The summed E-state index contributed by atoms with van der Waals surface area (Å²) in [4.78, 5) is 19.1. The fraction of sp³-hybridized carbons (Fsp3) is 0.581. The standard InChI is InChI=1S/C31H42ClN7O/c1-6-25(40)37-16-30(17-37)13-22(14-30)39-21(5)26(27-23(15-33)24(34)12-20(4)28(27)32)29(35-39)38-11-10-36(19(2)3)18-31(38)8-7-9-31/h6,12,15,19,22,33H,1,7-11,13-14,16-18,34H2,2-5H3. The van der Waals surface area contributed by atoms with Gasteiger partial charge in [-0.2, -0.15) is 5.10 Å². The molecule has 0 bridgehead atoms. The molecule has 1 amide bonds. The molecule has 214 valence electrons. The molecule has 2 aliphatic heterocycles. The second kappa shape index (κ2) is 9.62. The van der Waals surface area contributed by atoms with Crippen molar-refractivity contribution in [3.63, 3.8) is 0 Å². The Hall–Kier alpha value is -2.84. The van der Waals surface area contributed by atoms with Crippen LogP contribution in [0, 0.1) is 24.7 Å². The molecule has 0 unspecified atom stereocenters. The Morgan fingerprint density at radius 3 is 2.48 bits per heavy atom. The van der Waals surface area contributed by atoms with Gasteiger partial charge in [-0.3, -0.25) is 14.4 Å². The van der Waals surface area contributed by atoms with Crippen LogP contribution in [-0.4, -0.2) is 76.0 Å². The molecule has 3 heterocycles. The number of aryl methyl sites for hydroxylation is 1. The van der Waals surface area contributed by atoms with Crippen molar-refractivity contribution in [3.8, 4) is 11.1 Å². The summed E-state index contributed by atoms with van der Waals surface area (Å²) in [5.74, 6) is 1.000. The van der Waals surface area contributed by atoms with E-state index in [-0.39, 0.29) is 22.9 Å². The van der Waals surface area contributed by atoms with Crippen molar-refractivity contribution in [2.45, 2.75) is 77.4 Å². The summed E-state index contributed by atoms with van der Waals surface area (Å²) in [5.41, 5.74) is 11.8. The summed E-state index contributed by atoms with van der Waals surface area (Å²) in [7, 11) is 0. The zero-order valence-corrected chi connectivity index (χ0v) is 25.0. The Labute approximate surface area is 242 Å². The highest BCUT2D eigenvalue weighted by Crippen LogP contribution is 2.56. The van der Waals surface area contributed by atoms with Gasteiger partial charge in [-0.05, 0) is 77.5 Å². The molecule has 40 heavy (non-hydrogen) atoms. The molecule has 4 fully saturated rings. The fourth-order valence-corrected chi connectivity index (χ4v) is 8.04. The highest BCUT2D eigenvalue weighted by Gasteiger charge is 2.55. The number of rotatable bonds is 6. The molecule has 2 saturated heterocycles. The quantitative estimate of drug-likeness (QED) is 0.286.